The van der Waals surface area contributed by atoms with Crippen molar-refractivity contribution in [3.05, 3.63) is 96.1 Å². The van der Waals surface area contributed by atoms with E-state index in [1.54, 1.807) is 0 Å². The average Bonchev–Trinajstić information content (AvgIpc) is 2.67. The molecule has 3 aromatic carbocycles. The Balaban J connectivity index is 1.80. The molecule has 26 heavy (non-hydrogen) atoms. The van der Waals surface area contributed by atoms with E-state index in [-0.39, 0.29) is 0 Å². The predicted molar refractivity (Wildman–Crippen MR) is 113 cm³/mol. The average molecular weight is 342 g/mol. The quantitative estimate of drug-likeness (QED) is 0.637. The van der Waals surface area contributed by atoms with Crippen LogP contribution < -0.4 is 10.2 Å². The fourth-order valence-corrected chi connectivity index (χ4v) is 3.14. The van der Waals surface area contributed by atoms with Gasteiger partial charge in [0.1, 0.15) is 0 Å². The summed E-state index contributed by atoms with van der Waals surface area (Å²) in [5.41, 5.74) is 8.24. The van der Waals surface area contributed by atoms with Gasteiger partial charge in [0, 0.05) is 37.6 Å². The molecule has 0 amide bonds. The molecule has 0 atom stereocenters. The van der Waals surface area contributed by atoms with E-state index >= 15 is 0 Å². The molecular formula is C24H26N2. The van der Waals surface area contributed by atoms with E-state index < -0.39 is 0 Å². The van der Waals surface area contributed by atoms with Gasteiger partial charge in [-0.15, -0.1) is 0 Å². The molecular weight excluding hydrogens is 316 g/mol. The van der Waals surface area contributed by atoms with E-state index in [1.807, 2.05) is 6.07 Å². The Morgan fingerprint density at radius 3 is 2.23 bits per heavy atom. The first-order chi connectivity index (χ1) is 12.6. The van der Waals surface area contributed by atoms with Gasteiger partial charge < -0.3 is 10.2 Å². The van der Waals surface area contributed by atoms with Crippen molar-refractivity contribution in [2.24, 2.45) is 0 Å². The maximum Gasteiger partial charge on any atom is 0.0400 e. The third-order valence-corrected chi connectivity index (χ3v) is 4.62. The lowest BCUT2D eigenvalue weighted by Crippen LogP contribution is -2.13. The minimum atomic E-state index is 0.759. The van der Waals surface area contributed by atoms with E-state index in [0.29, 0.717) is 0 Å². The topological polar surface area (TPSA) is 15.3 Å². The Morgan fingerprint density at radius 1 is 0.885 bits per heavy atom. The highest BCUT2D eigenvalue weighted by molar-refractivity contribution is 5.81. The molecule has 0 aromatic heterocycles. The molecule has 0 aliphatic rings. The number of aryl methyl sites for hydroxylation is 1. The van der Waals surface area contributed by atoms with Crippen molar-refractivity contribution in [2.75, 3.05) is 19.0 Å². The lowest BCUT2D eigenvalue weighted by Gasteiger charge is -2.18. The van der Waals surface area contributed by atoms with Gasteiger partial charge in [-0.2, -0.15) is 0 Å². The van der Waals surface area contributed by atoms with Crippen molar-refractivity contribution >= 4 is 11.4 Å². The molecule has 0 spiro atoms. The molecule has 0 saturated carbocycles. The van der Waals surface area contributed by atoms with Crippen LogP contribution in [0, 0.1) is 6.92 Å². The maximum atomic E-state index is 4.31. The van der Waals surface area contributed by atoms with E-state index in [2.05, 4.69) is 105 Å². The minimum absolute atomic E-state index is 0.759. The normalized spacial score (nSPS) is 10.4. The highest BCUT2D eigenvalue weighted by Crippen LogP contribution is 2.30. The second-order valence-electron chi connectivity index (χ2n) is 6.76. The minimum Gasteiger partial charge on any atom is -0.381 e. The molecule has 2 nitrogen and oxygen atoms in total. The van der Waals surface area contributed by atoms with E-state index in [0.717, 1.165) is 12.2 Å². The monoisotopic (exact) mass is 342 g/mol. The van der Waals surface area contributed by atoms with Crippen LogP contribution in [0.3, 0.4) is 0 Å². The smallest absolute Gasteiger partial charge is 0.0400 e. The number of nitrogens with one attached hydrogen (secondary N) is 1. The molecule has 1 N–H and O–H groups in total. The van der Waals surface area contributed by atoms with Crippen molar-refractivity contribution < 1.29 is 0 Å². The van der Waals surface area contributed by atoms with Gasteiger partial charge in [-0.05, 0) is 41.3 Å². The summed E-state index contributed by atoms with van der Waals surface area (Å²) in [7, 11) is 4.11. The number of benzene rings is 3. The van der Waals surface area contributed by atoms with E-state index in [4.69, 9.17) is 0 Å². The Labute approximate surface area is 156 Å². The molecule has 132 valence electrons. The van der Waals surface area contributed by atoms with Crippen LogP contribution in [-0.2, 0) is 6.54 Å². The Bertz CT molecular complexity index is 878. The van der Waals surface area contributed by atoms with Gasteiger partial charge in [-0.1, -0.05) is 67.2 Å². The SMILES string of the molecule is C=C(NCc1ccc(N(C)C)cc1)c1c(C)cccc1-c1ccccc1. The first-order valence-electron chi connectivity index (χ1n) is 8.90. The number of nitrogens with zero attached hydrogens (tertiary/aromatic N) is 1. The van der Waals surface area contributed by atoms with Crippen molar-refractivity contribution in [2.45, 2.75) is 13.5 Å². The van der Waals surface area contributed by atoms with Crippen molar-refractivity contribution in [1.82, 2.24) is 5.32 Å². The molecule has 0 radical (unpaired) electrons. The summed E-state index contributed by atoms with van der Waals surface area (Å²) in [4.78, 5) is 2.11. The molecule has 0 aliphatic heterocycles. The standard InChI is InChI=1S/C24H26N2/c1-18-9-8-12-23(21-10-6-5-7-11-21)24(18)19(2)25-17-20-13-15-22(16-14-20)26(3)4/h5-16,25H,2,17H2,1,3-4H3. The van der Waals surface area contributed by atoms with Crippen LogP contribution >= 0.6 is 0 Å². The van der Waals surface area contributed by atoms with Gasteiger partial charge in [0.2, 0.25) is 0 Å². The zero-order valence-corrected chi connectivity index (χ0v) is 15.8. The first kappa shape index (κ1) is 17.8. The summed E-state index contributed by atoms with van der Waals surface area (Å²) < 4.78 is 0. The molecule has 0 heterocycles. The van der Waals surface area contributed by atoms with E-state index in [1.165, 1.54) is 33.5 Å². The van der Waals surface area contributed by atoms with Crippen LogP contribution in [0.1, 0.15) is 16.7 Å². The summed E-state index contributed by atoms with van der Waals surface area (Å²) in [5.74, 6) is 0. The van der Waals surface area contributed by atoms with Crippen LogP contribution in [0.4, 0.5) is 5.69 Å². The maximum absolute atomic E-state index is 4.31. The van der Waals surface area contributed by atoms with Gasteiger partial charge in [-0.3, -0.25) is 0 Å². The van der Waals surface area contributed by atoms with Crippen LogP contribution in [-0.4, -0.2) is 14.1 Å². The van der Waals surface area contributed by atoms with E-state index in [9.17, 15) is 0 Å². The van der Waals surface area contributed by atoms with Gasteiger partial charge in [0.15, 0.2) is 0 Å². The first-order valence-corrected chi connectivity index (χ1v) is 8.90. The zero-order chi connectivity index (χ0) is 18.5. The summed E-state index contributed by atoms with van der Waals surface area (Å²) >= 11 is 0. The van der Waals surface area contributed by atoms with Crippen LogP contribution in [0.15, 0.2) is 79.4 Å². The number of hydrogen-bond donors (Lipinski definition) is 1. The highest BCUT2D eigenvalue weighted by Gasteiger charge is 2.10. The van der Waals surface area contributed by atoms with Crippen molar-refractivity contribution in [3.63, 3.8) is 0 Å². The fourth-order valence-electron chi connectivity index (χ4n) is 3.14. The van der Waals surface area contributed by atoms with Gasteiger partial charge in [-0.25, -0.2) is 0 Å². The zero-order valence-electron chi connectivity index (χ0n) is 15.8. The van der Waals surface area contributed by atoms with Gasteiger partial charge in [0.05, 0.1) is 0 Å². The predicted octanol–water partition coefficient (Wildman–Crippen LogP) is 5.49. The van der Waals surface area contributed by atoms with Crippen molar-refractivity contribution in [3.8, 4) is 11.1 Å². The second-order valence-corrected chi connectivity index (χ2v) is 6.76. The van der Waals surface area contributed by atoms with Crippen LogP contribution in [0.25, 0.3) is 16.8 Å². The van der Waals surface area contributed by atoms with Gasteiger partial charge in [0.25, 0.3) is 0 Å². The second kappa shape index (κ2) is 7.92. The number of anilines is 1. The highest BCUT2D eigenvalue weighted by atomic mass is 15.1. The largest absolute Gasteiger partial charge is 0.381 e. The molecule has 0 fully saturated rings. The number of rotatable bonds is 6. The Hall–Kier alpha value is -3.00. The van der Waals surface area contributed by atoms with Crippen LogP contribution in [0.2, 0.25) is 0 Å². The molecule has 0 unspecified atom stereocenters. The Morgan fingerprint density at radius 2 is 1.58 bits per heavy atom. The third kappa shape index (κ3) is 3.97. The summed E-state index contributed by atoms with van der Waals surface area (Å²) in [5, 5.41) is 3.51. The molecule has 3 aromatic rings. The summed E-state index contributed by atoms with van der Waals surface area (Å²) in [6.45, 7) is 7.21. The molecule has 3 rings (SSSR count). The van der Waals surface area contributed by atoms with Gasteiger partial charge >= 0.3 is 0 Å². The van der Waals surface area contributed by atoms with Crippen LogP contribution in [0.5, 0.6) is 0 Å². The molecule has 0 saturated heterocycles. The summed E-state index contributed by atoms with van der Waals surface area (Å²) in [6, 6.07) is 25.5. The molecule has 2 heteroatoms. The third-order valence-electron chi connectivity index (χ3n) is 4.62. The number of hydrogen-bond acceptors (Lipinski definition) is 2. The lowest BCUT2D eigenvalue weighted by molar-refractivity contribution is 0.890. The van der Waals surface area contributed by atoms with Crippen molar-refractivity contribution in [1.29, 1.82) is 0 Å². The lowest BCUT2D eigenvalue weighted by atomic mass is 9.94. The summed E-state index contributed by atoms with van der Waals surface area (Å²) in [6.07, 6.45) is 0. The fraction of sp³-hybridized carbons (Fsp3) is 0.167. The molecule has 0 bridgehead atoms. The Kier molecular flexibility index (Phi) is 5.43. The molecule has 0 aliphatic carbocycles.